The predicted octanol–water partition coefficient (Wildman–Crippen LogP) is 3.27. The Labute approximate surface area is 108 Å². The first-order chi connectivity index (χ1) is 8.69. The molecule has 0 radical (unpaired) electrons. The average Bonchev–Trinajstić information content (AvgIpc) is 2.40. The molecule has 2 rings (SSSR count). The summed E-state index contributed by atoms with van der Waals surface area (Å²) in [5.41, 5.74) is 3.93. The zero-order valence-electron chi connectivity index (χ0n) is 10.8. The van der Waals surface area contributed by atoms with Crippen molar-refractivity contribution in [3.63, 3.8) is 0 Å². The molecule has 0 unspecified atom stereocenters. The summed E-state index contributed by atoms with van der Waals surface area (Å²) in [6, 6.07) is 11.8. The van der Waals surface area contributed by atoms with Crippen LogP contribution < -0.4 is 5.32 Å². The van der Waals surface area contributed by atoms with Crippen LogP contribution in [0.3, 0.4) is 0 Å². The molecule has 18 heavy (non-hydrogen) atoms. The van der Waals surface area contributed by atoms with Crippen molar-refractivity contribution in [3.8, 4) is 5.75 Å². The van der Waals surface area contributed by atoms with Crippen LogP contribution in [0.25, 0.3) is 0 Å². The maximum atomic E-state index is 9.71. The highest BCUT2D eigenvalue weighted by atomic mass is 16.3. The van der Waals surface area contributed by atoms with Gasteiger partial charge in [0.15, 0.2) is 0 Å². The monoisotopic (exact) mass is 242 g/mol. The van der Waals surface area contributed by atoms with Gasteiger partial charge in [-0.25, -0.2) is 0 Å². The molecular weight excluding hydrogens is 224 g/mol. The van der Waals surface area contributed by atoms with Crippen LogP contribution in [0.1, 0.15) is 23.9 Å². The summed E-state index contributed by atoms with van der Waals surface area (Å²) in [7, 11) is 0. The molecule has 0 saturated carbocycles. The molecule has 0 fully saturated rings. The highest BCUT2D eigenvalue weighted by Crippen LogP contribution is 2.17. The van der Waals surface area contributed by atoms with Crippen molar-refractivity contribution in [2.24, 2.45) is 0 Å². The summed E-state index contributed by atoms with van der Waals surface area (Å²) >= 11 is 0. The van der Waals surface area contributed by atoms with E-state index in [0.29, 0.717) is 12.2 Å². The lowest BCUT2D eigenvalue weighted by atomic mass is 10.1. The van der Waals surface area contributed by atoms with E-state index in [4.69, 9.17) is 0 Å². The third-order valence-electron chi connectivity index (χ3n) is 2.88. The molecule has 0 aliphatic rings. The third-order valence-corrected chi connectivity index (χ3v) is 2.88. The Morgan fingerprint density at radius 1 is 1.22 bits per heavy atom. The fourth-order valence-corrected chi connectivity index (χ4v) is 1.82. The summed E-state index contributed by atoms with van der Waals surface area (Å²) in [6.07, 6.45) is 1.02. The molecule has 0 spiro atoms. The van der Waals surface area contributed by atoms with Crippen LogP contribution in [0, 0.1) is 6.92 Å². The first-order valence-electron chi connectivity index (χ1n) is 6.17. The van der Waals surface area contributed by atoms with Gasteiger partial charge in [0.1, 0.15) is 11.4 Å². The Morgan fingerprint density at radius 3 is 2.83 bits per heavy atom. The number of aromatic hydroxyl groups is 1. The standard InChI is InChI=1S/C15H18N2O/c1-3-12-5-4-6-13(9-12)16-10-14-15(18)8-7-11(2)17-14/h4-9,16,18H,3,10H2,1-2H3. The van der Waals surface area contributed by atoms with Gasteiger partial charge in [0.2, 0.25) is 0 Å². The predicted molar refractivity (Wildman–Crippen MR) is 73.8 cm³/mol. The quantitative estimate of drug-likeness (QED) is 0.865. The number of aromatic nitrogens is 1. The average molecular weight is 242 g/mol. The van der Waals surface area contributed by atoms with E-state index in [1.54, 1.807) is 12.1 Å². The van der Waals surface area contributed by atoms with Crippen LogP contribution in [-0.2, 0) is 13.0 Å². The van der Waals surface area contributed by atoms with Gasteiger partial charge in [-0.05, 0) is 43.2 Å². The molecule has 0 atom stereocenters. The maximum Gasteiger partial charge on any atom is 0.138 e. The van der Waals surface area contributed by atoms with Crippen LogP contribution in [0.15, 0.2) is 36.4 Å². The van der Waals surface area contributed by atoms with Gasteiger partial charge < -0.3 is 10.4 Å². The third kappa shape index (κ3) is 3.00. The van der Waals surface area contributed by atoms with Gasteiger partial charge >= 0.3 is 0 Å². The van der Waals surface area contributed by atoms with Gasteiger partial charge in [0, 0.05) is 11.4 Å². The molecule has 0 saturated heterocycles. The van der Waals surface area contributed by atoms with Gasteiger partial charge in [0.25, 0.3) is 0 Å². The minimum atomic E-state index is 0.236. The largest absolute Gasteiger partial charge is 0.506 e. The summed E-state index contributed by atoms with van der Waals surface area (Å²) < 4.78 is 0. The van der Waals surface area contributed by atoms with E-state index < -0.39 is 0 Å². The second kappa shape index (κ2) is 5.54. The van der Waals surface area contributed by atoms with Crippen molar-refractivity contribution in [2.75, 3.05) is 5.32 Å². The van der Waals surface area contributed by atoms with Gasteiger partial charge in [-0.3, -0.25) is 4.98 Å². The zero-order valence-corrected chi connectivity index (χ0v) is 10.8. The topological polar surface area (TPSA) is 45.2 Å². The summed E-state index contributed by atoms with van der Waals surface area (Å²) in [5, 5.41) is 13.0. The Hall–Kier alpha value is -2.03. The highest BCUT2D eigenvalue weighted by molar-refractivity contribution is 5.46. The van der Waals surface area contributed by atoms with Gasteiger partial charge in [-0.15, -0.1) is 0 Å². The van der Waals surface area contributed by atoms with Gasteiger partial charge in [-0.1, -0.05) is 19.1 Å². The Morgan fingerprint density at radius 2 is 2.06 bits per heavy atom. The Kier molecular flexibility index (Phi) is 3.82. The fraction of sp³-hybridized carbons (Fsp3) is 0.267. The SMILES string of the molecule is CCc1cccc(NCc2nc(C)ccc2O)c1. The van der Waals surface area contributed by atoms with Gasteiger partial charge in [0.05, 0.1) is 6.54 Å². The number of benzene rings is 1. The highest BCUT2D eigenvalue weighted by Gasteiger charge is 2.03. The number of nitrogens with one attached hydrogen (secondary N) is 1. The number of hydrogen-bond acceptors (Lipinski definition) is 3. The second-order valence-electron chi connectivity index (χ2n) is 4.33. The lowest BCUT2D eigenvalue weighted by Gasteiger charge is -2.09. The zero-order chi connectivity index (χ0) is 13.0. The molecule has 2 N–H and O–H groups in total. The van der Waals surface area contributed by atoms with Crippen LogP contribution in [0.2, 0.25) is 0 Å². The first-order valence-corrected chi connectivity index (χ1v) is 6.17. The summed E-state index contributed by atoms with van der Waals surface area (Å²) in [6.45, 7) is 4.58. The number of pyridine rings is 1. The molecule has 1 aromatic heterocycles. The molecule has 1 aromatic carbocycles. The van der Waals surface area contributed by atoms with E-state index in [1.807, 2.05) is 19.1 Å². The lowest BCUT2D eigenvalue weighted by molar-refractivity contribution is 0.464. The fourth-order valence-electron chi connectivity index (χ4n) is 1.82. The van der Waals surface area contributed by atoms with Crippen molar-refractivity contribution in [1.29, 1.82) is 0 Å². The van der Waals surface area contributed by atoms with Gasteiger partial charge in [-0.2, -0.15) is 0 Å². The molecule has 3 heteroatoms. The Balaban J connectivity index is 2.08. The van der Waals surface area contributed by atoms with E-state index in [9.17, 15) is 5.11 Å². The number of anilines is 1. The molecule has 0 aliphatic carbocycles. The number of hydrogen-bond donors (Lipinski definition) is 2. The van der Waals surface area contributed by atoms with Crippen molar-refractivity contribution in [2.45, 2.75) is 26.8 Å². The Bertz CT molecular complexity index is 538. The summed E-state index contributed by atoms with van der Waals surface area (Å²) in [5.74, 6) is 0.236. The molecule has 1 heterocycles. The number of aryl methyl sites for hydroxylation is 2. The first kappa shape index (κ1) is 12.4. The van der Waals surface area contributed by atoms with E-state index in [2.05, 4.69) is 29.4 Å². The molecule has 0 bridgehead atoms. The van der Waals surface area contributed by atoms with Crippen LogP contribution in [0.4, 0.5) is 5.69 Å². The normalized spacial score (nSPS) is 10.3. The minimum absolute atomic E-state index is 0.236. The smallest absolute Gasteiger partial charge is 0.138 e. The van der Waals surface area contributed by atoms with Crippen molar-refractivity contribution < 1.29 is 5.11 Å². The second-order valence-corrected chi connectivity index (χ2v) is 4.33. The van der Waals surface area contributed by atoms with Crippen molar-refractivity contribution in [1.82, 2.24) is 4.98 Å². The summed E-state index contributed by atoms with van der Waals surface area (Å²) in [4.78, 5) is 4.32. The molecule has 3 nitrogen and oxygen atoms in total. The molecule has 0 aliphatic heterocycles. The molecule has 0 amide bonds. The number of rotatable bonds is 4. The van der Waals surface area contributed by atoms with Crippen LogP contribution >= 0.6 is 0 Å². The van der Waals surface area contributed by atoms with Crippen molar-refractivity contribution in [3.05, 3.63) is 53.3 Å². The van der Waals surface area contributed by atoms with Crippen LogP contribution in [0.5, 0.6) is 5.75 Å². The van der Waals surface area contributed by atoms with E-state index in [-0.39, 0.29) is 5.75 Å². The minimum Gasteiger partial charge on any atom is -0.506 e. The van der Waals surface area contributed by atoms with E-state index in [0.717, 1.165) is 17.8 Å². The number of nitrogens with zero attached hydrogens (tertiary/aromatic N) is 1. The molecular formula is C15H18N2O. The van der Waals surface area contributed by atoms with E-state index in [1.165, 1.54) is 5.56 Å². The lowest BCUT2D eigenvalue weighted by Crippen LogP contribution is -2.03. The maximum absolute atomic E-state index is 9.71. The van der Waals surface area contributed by atoms with E-state index >= 15 is 0 Å². The molecule has 2 aromatic rings. The van der Waals surface area contributed by atoms with Crippen LogP contribution in [-0.4, -0.2) is 10.1 Å². The molecule has 94 valence electrons. The van der Waals surface area contributed by atoms with Crippen molar-refractivity contribution >= 4 is 5.69 Å².